The van der Waals surface area contributed by atoms with Crippen LogP contribution in [0.5, 0.6) is 5.75 Å². The van der Waals surface area contributed by atoms with Gasteiger partial charge in [-0.1, -0.05) is 24.3 Å². The predicted molar refractivity (Wildman–Crippen MR) is 86.0 cm³/mol. The number of hydrogen-bond acceptors (Lipinski definition) is 4. The highest BCUT2D eigenvalue weighted by Gasteiger charge is 2.68. The zero-order valence-electron chi connectivity index (χ0n) is 13.5. The number of amides is 1. The van der Waals surface area contributed by atoms with Crippen molar-refractivity contribution < 1.29 is 19.4 Å². The molecule has 2 bridgehead atoms. The maximum atomic E-state index is 12.9. The van der Waals surface area contributed by atoms with E-state index in [-0.39, 0.29) is 23.2 Å². The minimum atomic E-state index is -1.11. The van der Waals surface area contributed by atoms with Crippen LogP contribution < -0.4 is 15.2 Å². The molecule has 4 rings (SSSR count). The topological polar surface area (TPSA) is 78.5 Å². The fourth-order valence-electron chi connectivity index (χ4n) is 4.74. The molecule has 2 saturated carbocycles. The number of ether oxygens (including phenoxy) is 1. The number of carboxylic acid groups (broad SMARTS) is 1. The van der Waals surface area contributed by atoms with E-state index in [4.69, 9.17) is 4.74 Å². The van der Waals surface area contributed by atoms with Crippen LogP contribution in [0.3, 0.4) is 0 Å². The SMILES string of the molecule is CCOc1ccccc1NC(=O)[C@H]1[C@@H](C(=O)[O-])[C@H]2C=C[C@@H]1C21CC1. The van der Waals surface area contributed by atoms with Gasteiger partial charge in [0.15, 0.2) is 0 Å². The molecular formula is C19H20NO4-. The first-order valence-corrected chi connectivity index (χ1v) is 8.50. The standard InChI is InChI=1S/C19H21NO4/c1-2-24-14-6-4-3-5-13(14)20-17(21)15-11-7-8-12(16(15)18(22)23)19(11)9-10-19/h3-8,11-12,15-16H,2,9-10H2,1H3,(H,20,21)(H,22,23)/p-1/t11-,12+,15+,16-/m0/s1. The smallest absolute Gasteiger partial charge is 0.228 e. The summed E-state index contributed by atoms with van der Waals surface area (Å²) < 4.78 is 5.53. The molecule has 5 heteroatoms. The fourth-order valence-corrected chi connectivity index (χ4v) is 4.74. The van der Waals surface area contributed by atoms with E-state index in [2.05, 4.69) is 5.32 Å². The molecule has 1 aromatic carbocycles. The van der Waals surface area contributed by atoms with Crippen molar-refractivity contribution in [1.29, 1.82) is 0 Å². The number of rotatable bonds is 5. The summed E-state index contributed by atoms with van der Waals surface area (Å²) in [4.78, 5) is 24.6. The summed E-state index contributed by atoms with van der Waals surface area (Å²) in [5.74, 6) is -2.13. The van der Waals surface area contributed by atoms with Gasteiger partial charge in [-0.05, 0) is 49.1 Å². The molecule has 0 aromatic heterocycles. The van der Waals surface area contributed by atoms with Crippen LogP contribution in [0, 0.1) is 29.1 Å². The van der Waals surface area contributed by atoms with Crippen LogP contribution in [-0.4, -0.2) is 18.5 Å². The van der Waals surface area contributed by atoms with Crippen LogP contribution in [0.4, 0.5) is 5.69 Å². The Bertz CT molecular complexity index is 722. The Labute approximate surface area is 140 Å². The first-order chi connectivity index (χ1) is 11.6. The van der Waals surface area contributed by atoms with Gasteiger partial charge < -0.3 is 20.0 Å². The Morgan fingerprint density at radius 3 is 2.50 bits per heavy atom. The van der Waals surface area contributed by atoms with Crippen LogP contribution in [0.15, 0.2) is 36.4 Å². The third kappa shape index (κ3) is 2.07. The minimum Gasteiger partial charge on any atom is -0.550 e. The molecule has 0 radical (unpaired) electrons. The van der Waals surface area contributed by atoms with Crippen molar-refractivity contribution >= 4 is 17.6 Å². The highest BCUT2D eigenvalue weighted by atomic mass is 16.5. The summed E-state index contributed by atoms with van der Waals surface area (Å²) in [6.07, 6.45) is 6.02. The Kier molecular flexibility index (Phi) is 3.41. The second-order valence-electron chi connectivity index (χ2n) is 6.96. The number of nitrogens with one attached hydrogen (secondary N) is 1. The lowest BCUT2D eigenvalue weighted by Gasteiger charge is -2.28. The second kappa shape index (κ2) is 5.36. The van der Waals surface area contributed by atoms with Gasteiger partial charge in [-0.2, -0.15) is 0 Å². The van der Waals surface area contributed by atoms with Crippen LogP contribution in [0.25, 0.3) is 0 Å². The third-order valence-corrected chi connectivity index (χ3v) is 5.86. The van der Waals surface area contributed by atoms with Gasteiger partial charge in [0.05, 0.1) is 18.2 Å². The number of hydrogen-bond donors (Lipinski definition) is 1. The van der Waals surface area contributed by atoms with Crippen molar-refractivity contribution in [2.75, 3.05) is 11.9 Å². The van der Waals surface area contributed by atoms with Gasteiger partial charge in [0.2, 0.25) is 5.91 Å². The average molecular weight is 326 g/mol. The molecule has 1 aromatic rings. The van der Waals surface area contributed by atoms with Gasteiger partial charge >= 0.3 is 0 Å². The zero-order valence-corrected chi connectivity index (χ0v) is 13.5. The molecule has 0 saturated heterocycles. The lowest BCUT2D eigenvalue weighted by Crippen LogP contribution is -2.42. The number of carbonyl (C=O) groups excluding carboxylic acids is 2. The molecule has 0 heterocycles. The predicted octanol–water partition coefficient (Wildman–Crippen LogP) is 1.60. The summed E-state index contributed by atoms with van der Waals surface area (Å²) in [5.41, 5.74) is 0.574. The molecule has 1 amide bonds. The number of allylic oxidation sites excluding steroid dienone is 2. The van der Waals surface area contributed by atoms with Gasteiger partial charge in [-0.3, -0.25) is 4.79 Å². The van der Waals surface area contributed by atoms with Crippen LogP contribution in [0.2, 0.25) is 0 Å². The molecule has 2 fully saturated rings. The molecule has 3 aliphatic rings. The van der Waals surface area contributed by atoms with E-state index in [9.17, 15) is 14.7 Å². The lowest BCUT2D eigenvalue weighted by atomic mass is 9.82. The normalized spacial score (nSPS) is 31.2. The Hall–Kier alpha value is -2.30. The first-order valence-electron chi connectivity index (χ1n) is 8.50. The number of benzene rings is 1. The number of carbonyl (C=O) groups is 2. The quantitative estimate of drug-likeness (QED) is 0.834. The second-order valence-corrected chi connectivity index (χ2v) is 6.96. The monoisotopic (exact) mass is 326 g/mol. The van der Waals surface area contributed by atoms with E-state index >= 15 is 0 Å². The molecule has 3 aliphatic carbocycles. The molecule has 4 atom stereocenters. The van der Waals surface area contributed by atoms with E-state index in [1.165, 1.54) is 0 Å². The van der Waals surface area contributed by atoms with E-state index in [1.54, 1.807) is 12.1 Å². The van der Waals surface area contributed by atoms with Gasteiger partial charge in [-0.25, -0.2) is 0 Å². The van der Waals surface area contributed by atoms with E-state index in [1.807, 2.05) is 31.2 Å². The third-order valence-electron chi connectivity index (χ3n) is 5.86. The zero-order chi connectivity index (χ0) is 16.9. The van der Waals surface area contributed by atoms with Gasteiger partial charge in [0.25, 0.3) is 0 Å². The van der Waals surface area contributed by atoms with Crippen molar-refractivity contribution in [2.45, 2.75) is 19.8 Å². The summed E-state index contributed by atoms with van der Waals surface area (Å²) in [5, 5.41) is 14.6. The maximum Gasteiger partial charge on any atom is 0.228 e. The molecule has 126 valence electrons. The van der Waals surface area contributed by atoms with Gasteiger partial charge in [0, 0.05) is 11.9 Å². The summed E-state index contributed by atoms with van der Waals surface area (Å²) in [6.45, 7) is 2.37. The molecule has 0 aliphatic heterocycles. The van der Waals surface area contributed by atoms with Crippen molar-refractivity contribution in [3.8, 4) is 5.75 Å². The Balaban J connectivity index is 1.61. The molecule has 1 N–H and O–H groups in total. The lowest BCUT2D eigenvalue weighted by molar-refractivity contribution is -0.313. The minimum absolute atomic E-state index is 0.00431. The summed E-state index contributed by atoms with van der Waals surface area (Å²) in [7, 11) is 0. The number of para-hydroxylation sites is 2. The van der Waals surface area contributed by atoms with E-state index in [0.717, 1.165) is 12.8 Å². The molecular weight excluding hydrogens is 306 g/mol. The average Bonchev–Trinajstić information content (AvgIpc) is 3.22. The molecule has 0 unspecified atom stereocenters. The van der Waals surface area contributed by atoms with E-state index < -0.39 is 17.8 Å². The Morgan fingerprint density at radius 2 is 1.88 bits per heavy atom. The number of aliphatic carboxylic acids is 1. The number of carboxylic acids is 1. The van der Waals surface area contributed by atoms with Crippen molar-refractivity contribution in [3.05, 3.63) is 36.4 Å². The van der Waals surface area contributed by atoms with Crippen LogP contribution >= 0.6 is 0 Å². The largest absolute Gasteiger partial charge is 0.550 e. The molecule has 24 heavy (non-hydrogen) atoms. The molecule has 1 spiro atoms. The summed E-state index contributed by atoms with van der Waals surface area (Å²) >= 11 is 0. The van der Waals surface area contributed by atoms with Gasteiger partial charge in [-0.15, -0.1) is 0 Å². The highest BCUT2D eigenvalue weighted by Crippen LogP contribution is 2.71. The van der Waals surface area contributed by atoms with Crippen molar-refractivity contribution in [3.63, 3.8) is 0 Å². The molecule has 5 nitrogen and oxygen atoms in total. The van der Waals surface area contributed by atoms with Gasteiger partial charge in [0.1, 0.15) is 5.75 Å². The van der Waals surface area contributed by atoms with Crippen LogP contribution in [0.1, 0.15) is 19.8 Å². The van der Waals surface area contributed by atoms with Crippen molar-refractivity contribution in [1.82, 2.24) is 0 Å². The van der Waals surface area contributed by atoms with E-state index in [0.29, 0.717) is 18.0 Å². The Morgan fingerprint density at radius 1 is 1.21 bits per heavy atom. The van der Waals surface area contributed by atoms with Crippen molar-refractivity contribution in [2.24, 2.45) is 29.1 Å². The maximum absolute atomic E-state index is 12.9. The highest BCUT2D eigenvalue weighted by molar-refractivity contribution is 5.97. The fraction of sp³-hybridized carbons (Fsp3) is 0.474. The van der Waals surface area contributed by atoms with Crippen LogP contribution in [-0.2, 0) is 9.59 Å². The first kappa shape index (κ1) is 15.2. The number of anilines is 1. The summed E-state index contributed by atoms with van der Waals surface area (Å²) in [6, 6.07) is 7.22.